The summed E-state index contributed by atoms with van der Waals surface area (Å²) in [7, 11) is 0. The largest absolute Gasteiger partial charge is 0.481 e. The van der Waals surface area contributed by atoms with E-state index in [0.29, 0.717) is 18.7 Å². The molecule has 8 nitrogen and oxygen atoms in total. The average molecular weight is 522 g/mol. The van der Waals surface area contributed by atoms with Crippen LogP contribution in [-0.2, 0) is 11.3 Å². The Bertz CT molecular complexity index is 1420. The van der Waals surface area contributed by atoms with Crippen LogP contribution in [0, 0.1) is 6.92 Å². The SMILES string of the molecule is Cc1nc2ccc(-c3ccc(N4CCN(CCC(=O)O)CC4)nc3)cc2n1Cc1ccccc1OC(F)F. The molecular weight excluding hydrogens is 492 g/mol. The summed E-state index contributed by atoms with van der Waals surface area (Å²) in [6.45, 7) is 3.14. The van der Waals surface area contributed by atoms with E-state index in [9.17, 15) is 13.6 Å². The van der Waals surface area contributed by atoms with Gasteiger partial charge in [-0.2, -0.15) is 8.78 Å². The zero-order chi connectivity index (χ0) is 26.6. The topological polar surface area (TPSA) is 83.7 Å². The second kappa shape index (κ2) is 11.1. The van der Waals surface area contributed by atoms with E-state index >= 15 is 0 Å². The molecule has 3 heterocycles. The molecule has 5 rings (SSSR count). The lowest BCUT2D eigenvalue weighted by Crippen LogP contribution is -2.47. The van der Waals surface area contributed by atoms with Gasteiger partial charge in [0, 0.05) is 50.0 Å². The monoisotopic (exact) mass is 521 g/mol. The number of carboxylic acids is 1. The van der Waals surface area contributed by atoms with E-state index in [4.69, 9.17) is 14.8 Å². The quantitative estimate of drug-likeness (QED) is 0.343. The van der Waals surface area contributed by atoms with Gasteiger partial charge in [0.25, 0.3) is 0 Å². The number of imidazole rings is 1. The minimum atomic E-state index is -2.89. The van der Waals surface area contributed by atoms with Crippen LogP contribution in [-0.4, -0.2) is 69.8 Å². The van der Waals surface area contributed by atoms with Gasteiger partial charge in [-0.05, 0) is 42.8 Å². The highest BCUT2D eigenvalue weighted by molar-refractivity contribution is 5.83. The van der Waals surface area contributed by atoms with E-state index in [2.05, 4.69) is 14.8 Å². The molecule has 0 amide bonds. The fourth-order valence-corrected chi connectivity index (χ4v) is 4.84. The molecule has 1 aliphatic heterocycles. The van der Waals surface area contributed by atoms with Gasteiger partial charge in [0.05, 0.1) is 24.0 Å². The lowest BCUT2D eigenvalue weighted by atomic mass is 10.1. The van der Waals surface area contributed by atoms with E-state index in [0.717, 1.165) is 60.0 Å². The number of carboxylic acid groups (broad SMARTS) is 1. The van der Waals surface area contributed by atoms with Gasteiger partial charge < -0.3 is 19.3 Å². The van der Waals surface area contributed by atoms with Gasteiger partial charge in [0.2, 0.25) is 0 Å². The molecule has 2 aromatic carbocycles. The minimum Gasteiger partial charge on any atom is -0.481 e. The summed E-state index contributed by atoms with van der Waals surface area (Å²) in [4.78, 5) is 24.5. The number of aromatic nitrogens is 3. The third kappa shape index (κ3) is 5.75. The van der Waals surface area contributed by atoms with Crippen molar-refractivity contribution in [1.29, 1.82) is 0 Å². The summed E-state index contributed by atoms with van der Waals surface area (Å²) in [6, 6.07) is 16.9. The normalized spacial score (nSPS) is 14.4. The van der Waals surface area contributed by atoms with Crippen molar-refractivity contribution in [3.8, 4) is 16.9 Å². The lowest BCUT2D eigenvalue weighted by molar-refractivity contribution is -0.137. The Labute approximate surface area is 219 Å². The standard InChI is InChI=1S/C28H29F2N5O3/c1-19-32-23-8-6-20(16-24(23)35(19)18-22-4-2-3-5-25(22)38-28(29)30)21-7-9-26(31-17-21)34-14-12-33(13-15-34)11-10-27(36)37/h2-9,16-17,28H,10-15,18H2,1H3,(H,36,37). The molecule has 0 spiro atoms. The Kier molecular flexibility index (Phi) is 7.50. The van der Waals surface area contributed by atoms with Crippen LogP contribution in [0.1, 0.15) is 17.8 Å². The van der Waals surface area contributed by atoms with Gasteiger partial charge in [0.1, 0.15) is 17.4 Å². The number of piperazine rings is 1. The van der Waals surface area contributed by atoms with Crippen LogP contribution in [0.25, 0.3) is 22.2 Å². The minimum absolute atomic E-state index is 0.155. The van der Waals surface area contributed by atoms with Crippen LogP contribution in [0.3, 0.4) is 0 Å². The fourth-order valence-electron chi connectivity index (χ4n) is 4.84. The Balaban J connectivity index is 1.33. The number of carbonyl (C=O) groups is 1. The number of ether oxygens (including phenoxy) is 1. The van der Waals surface area contributed by atoms with Crippen LogP contribution in [0.5, 0.6) is 5.75 Å². The summed E-state index contributed by atoms with van der Waals surface area (Å²) in [5, 5.41) is 8.89. The maximum absolute atomic E-state index is 12.9. The Morgan fingerprint density at radius 2 is 1.82 bits per heavy atom. The number of hydrogen-bond donors (Lipinski definition) is 1. The second-order valence-corrected chi connectivity index (χ2v) is 9.31. The highest BCUT2D eigenvalue weighted by atomic mass is 19.3. The number of benzene rings is 2. The fraction of sp³-hybridized carbons (Fsp3) is 0.321. The van der Waals surface area contributed by atoms with Crippen LogP contribution >= 0.6 is 0 Å². The highest BCUT2D eigenvalue weighted by Crippen LogP contribution is 2.28. The van der Waals surface area contributed by atoms with Crippen molar-refractivity contribution in [2.24, 2.45) is 0 Å². The average Bonchev–Trinajstić information content (AvgIpc) is 3.22. The summed E-state index contributed by atoms with van der Waals surface area (Å²) in [6.07, 6.45) is 2.01. The third-order valence-electron chi connectivity index (χ3n) is 6.88. The molecule has 2 aromatic heterocycles. The van der Waals surface area contributed by atoms with Crippen LogP contribution in [0.4, 0.5) is 14.6 Å². The number of para-hydroxylation sites is 1. The van der Waals surface area contributed by atoms with Crippen molar-refractivity contribution in [2.45, 2.75) is 26.5 Å². The highest BCUT2D eigenvalue weighted by Gasteiger charge is 2.19. The maximum Gasteiger partial charge on any atom is 0.387 e. The number of halogens is 2. The molecule has 0 saturated carbocycles. The molecule has 1 N–H and O–H groups in total. The van der Waals surface area contributed by atoms with E-state index in [1.165, 1.54) is 0 Å². The van der Waals surface area contributed by atoms with E-state index in [-0.39, 0.29) is 12.2 Å². The molecule has 198 valence electrons. The van der Waals surface area contributed by atoms with Crippen LogP contribution in [0.2, 0.25) is 0 Å². The summed E-state index contributed by atoms with van der Waals surface area (Å²) in [5.41, 5.74) is 4.31. The Morgan fingerprint density at radius 3 is 2.53 bits per heavy atom. The molecule has 0 aliphatic carbocycles. The maximum atomic E-state index is 12.9. The second-order valence-electron chi connectivity index (χ2n) is 9.31. The van der Waals surface area contributed by atoms with Gasteiger partial charge in [-0.15, -0.1) is 0 Å². The summed E-state index contributed by atoms with van der Waals surface area (Å²) in [5.74, 6) is 1.05. The van der Waals surface area contributed by atoms with Gasteiger partial charge in [-0.3, -0.25) is 9.69 Å². The molecule has 1 saturated heterocycles. The smallest absolute Gasteiger partial charge is 0.387 e. The van der Waals surface area contributed by atoms with Crippen LogP contribution < -0.4 is 9.64 Å². The lowest BCUT2D eigenvalue weighted by Gasteiger charge is -2.35. The van der Waals surface area contributed by atoms with E-state index < -0.39 is 12.6 Å². The van der Waals surface area contributed by atoms with Crippen molar-refractivity contribution in [2.75, 3.05) is 37.6 Å². The number of rotatable bonds is 9. The van der Waals surface area contributed by atoms with Gasteiger partial charge in [-0.25, -0.2) is 9.97 Å². The first-order chi connectivity index (χ1) is 18.4. The van der Waals surface area contributed by atoms with Gasteiger partial charge in [0.15, 0.2) is 0 Å². The first-order valence-electron chi connectivity index (χ1n) is 12.5. The molecule has 0 radical (unpaired) electrons. The number of aryl methyl sites for hydroxylation is 1. The molecule has 38 heavy (non-hydrogen) atoms. The van der Waals surface area contributed by atoms with Crippen LogP contribution in [0.15, 0.2) is 60.8 Å². The van der Waals surface area contributed by atoms with E-state index in [1.807, 2.05) is 48.0 Å². The van der Waals surface area contributed by atoms with Gasteiger partial charge in [-0.1, -0.05) is 24.3 Å². The molecule has 1 aliphatic rings. The predicted octanol–water partition coefficient (Wildman–Crippen LogP) is 4.65. The number of hydrogen-bond acceptors (Lipinski definition) is 6. The number of alkyl halides is 2. The number of fused-ring (bicyclic) bond motifs is 1. The molecule has 1 fully saturated rings. The molecule has 0 unspecified atom stereocenters. The van der Waals surface area contributed by atoms with Crippen molar-refractivity contribution in [1.82, 2.24) is 19.4 Å². The third-order valence-corrected chi connectivity index (χ3v) is 6.88. The van der Waals surface area contributed by atoms with Gasteiger partial charge >= 0.3 is 12.6 Å². The molecule has 4 aromatic rings. The molecular formula is C28H29F2N5O3. The number of pyridine rings is 1. The Morgan fingerprint density at radius 1 is 1.05 bits per heavy atom. The van der Waals surface area contributed by atoms with Crippen molar-refractivity contribution < 1.29 is 23.4 Å². The first-order valence-corrected chi connectivity index (χ1v) is 12.5. The number of nitrogens with zero attached hydrogens (tertiary/aromatic N) is 5. The number of aliphatic carboxylic acids is 1. The molecule has 10 heteroatoms. The van der Waals surface area contributed by atoms with Crippen molar-refractivity contribution in [3.63, 3.8) is 0 Å². The van der Waals surface area contributed by atoms with Crippen molar-refractivity contribution in [3.05, 3.63) is 72.2 Å². The summed E-state index contributed by atoms with van der Waals surface area (Å²) < 4.78 is 32.5. The predicted molar refractivity (Wildman–Crippen MR) is 141 cm³/mol. The van der Waals surface area contributed by atoms with Crippen molar-refractivity contribution >= 4 is 22.8 Å². The molecule has 0 bridgehead atoms. The summed E-state index contributed by atoms with van der Waals surface area (Å²) >= 11 is 0. The molecule has 0 atom stereocenters. The Hall–Kier alpha value is -4.05. The number of anilines is 1. The zero-order valence-corrected chi connectivity index (χ0v) is 21.1. The zero-order valence-electron chi connectivity index (χ0n) is 21.1. The first kappa shape index (κ1) is 25.6. The van der Waals surface area contributed by atoms with E-state index in [1.54, 1.807) is 24.3 Å².